The standard InChI is InChI=1S/C18H23ClN4O2/c1-3-23-17(20-21(2)18(23)25)14-8-6-10-22(12-14)16(24)11-13-7-4-5-9-15(13)19/h4-5,7,9,14H,3,6,8,10-12H2,1-2H3/t14-/m0/s1. The van der Waals surface area contributed by atoms with Crippen LogP contribution in [0.25, 0.3) is 0 Å². The maximum Gasteiger partial charge on any atom is 0.345 e. The van der Waals surface area contributed by atoms with Crippen LogP contribution in [0.2, 0.25) is 5.02 Å². The number of aryl methyl sites for hydroxylation is 1. The van der Waals surface area contributed by atoms with Crippen molar-refractivity contribution in [1.82, 2.24) is 19.2 Å². The first-order chi connectivity index (χ1) is 12.0. The lowest BCUT2D eigenvalue weighted by atomic mass is 9.96. The van der Waals surface area contributed by atoms with E-state index in [1.807, 2.05) is 30.0 Å². The molecule has 25 heavy (non-hydrogen) atoms. The summed E-state index contributed by atoms with van der Waals surface area (Å²) in [5.41, 5.74) is 0.747. The Labute approximate surface area is 152 Å². The zero-order chi connectivity index (χ0) is 18.0. The van der Waals surface area contributed by atoms with Crippen molar-refractivity contribution in [3.8, 4) is 0 Å². The summed E-state index contributed by atoms with van der Waals surface area (Å²) in [5, 5.41) is 5.02. The molecule has 1 aliphatic heterocycles. The molecule has 6 nitrogen and oxygen atoms in total. The molecule has 0 N–H and O–H groups in total. The summed E-state index contributed by atoms with van der Waals surface area (Å²) in [5.74, 6) is 0.946. The van der Waals surface area contributed by atoms with E-state index in [0.717, 1.165) is 30.8 Å². The molecule has 134 valence electrons. The number of rotatable bonds is 4. The van der Waals surface area contributed by atoms with Crippen LogP contribution in [0.5, 0.6) is 0 Å². The number of piperidine rings is 1. The highest BCUT2D eigenvalue weighted by atomic mass is 35.5. The van der Waals surface area contributed by atoms with Gasteiger partial charge in [-0.25, -0.2) is 9.48 Å². The summed E-state index contributed by atoms with van der Waals surface area (Å²) in [4.78, 5) is 26.7. The van der Waals surface area contributed by atoms with Crippen LogP contribution >= 0.6 is 11.6 Å². The topological polar surface area (TPSA) is 60.1 Å². The van der Waals surface area contributed by atoms with Gasteiger partial charge < -0.3 is 4.90 Å². The molecule has 3 rings (SSSR count). The molecule has 1 atom stereocenters. The molecule has 0 radical (unpaired) electrons. The normalized spacial score (nSPS) is 17.7. The maximum atomic E-state index is 12.7. The molecule has 1 aliphatic rings. The van der Waals surface area contributed by atoms with Crippen LogP contribution in [0, 0.1) is 0 Å². The Balaban J connectivity index is 1.75. The fraction of sp³-hybridized carbons (Fsp3) is 0.500. The predicted octanol–water partition coefficient (Wildman–Crippen LogP) is 2.20. The first-order valence-corrected chi connectivity index (χ1v) is 9.04. The van der Waals surface area contributed by atoms with Crippen molar-refractivity contribution in [3.05, 3.63) is 51.2 Å². The number of amides is 1. The fourth-order valence-corrected chi connectivity index (χ4v) is 3.66. The number of carbonyl (C=O) groups is 1. The number of benzene rings is 1. The van der Waals surface area contributed by atoms with Crippen LogP contribution in [-0.2, 0) is 24.8 Å². The summed E-state index contributed by atoms with van der Waals surface area (Å²) >= 11 is 6.17. The van der Waals surface area contributed by atoms with Gasteiger partial charge in [0.1, 0.15) is 5.82 Å². The van der Waals surface area contributed by atoms with Crippen LogP contribution in [0.4, 0.5) is 0 Å². The van der Waals surface area contributed by atoms with E-state index in [-0.39, 0.29) is 17.5 Å². The fourth-order valence-electron chi connectivity index (χ4n) is 3.45. The van der Waals surface area contributed by atoms with Gasteiger partial charge in [0, 0.05) is 37.6 Å². The van der Waals surface area contributed by atoms with Crippen molar-refractivity contribution in [2.75, 3.05) is 13.1 Å². The Kier molecular flexibility index (Phi) is 5.27. The van der Waals surface area contributed by atoms with Crippen molar-refractivity contribution in [3.63, 3.8) is 0 Å². The summed E-state index contributed by atoms with van der Waals surface area (Å²) < 4.78 is 3.08. The van der Waals surface area contributed by atoms with Crippen LogP contribution in [0.3, 0.4) is 0 Å². The van der Waals surface area contributed by atoms with Gasteiger partial charge in [0.2, 0.25) is 5.91 Å². The largest absolute Gasteiger partial charge is 0.345 e. The molecule has 2 aromatic rings. The van der Waals surface area contributed by atoms with Crippen molar-refractivity contribution in [1.29, 1.82) is 0 Å². The van der Waals surface area contributed by atoms with Gasteiger partial charge in [0.05, 0.1) is 6.42 Å². The molecule has 0 spiro atoms. The number of hydrogen-bond donors (Lipinski definition) is 0. The smallest absolute Gasteiger partial charge is 0.342 e. The van der Waals surface area contributed by atoms with Crippen LogP contribution in [-0.4, -0.2) is 38.2 Å². The summed E-state index contributed by atoms with van der Waals surface area (Å²) in [6, 6.07) is 7.44. The number of aromatic nitrogens is 3. The highest BCUT2D eigenvalue weighted by Gasteiger charge is 2.29. The predicted molar refractivity (Wildman–Crippen MR) is 96.9 cm³/mol. The molecular weight excluding hydrogens is 340 g/mol. The molecule has 0 unspecified atom stereocenters. The highest BCUT2D eigenvalue weighted by Crippen LogP contribution is 2.26. The van der Waals surface area contributed by atoms with Crippen LogP contribution in [0.15, 0.2) is 29.1 Å². The van der Waals surface area contributed by atoms with Crippen molar-refractivity contribution in [2.45, 2.75) is 38.6 Å². The minimum atomic E-state index is -0.1000. The van der Waals surface area contributed by atoms with E-state index in [4.69, 9.17) is 11.6 Å². The van der Waals surface area contributed by atoms with Crippen LogP contribution < -0.4 is 5.69 Å². The van der Waals surface area contributed by atoms with E-state index >= 15 is 0 Å². The molecule has 1 fully saturated rings. The van der Waals surface area contributed by atoms with Crippen molar-refractivity contribution >= 4 is 17.5 Å². The molecular formula is C18H23ClN4O2. The second-order valence-corrected chi connectivity index (χ2v) is 6.86. The van der Waals surface area contributed by atoms with Gasteiger partial charge in [-0.05, 0) is 31.4 Å². The van der Waals surface area contributed by atoms with E-state index in [2.05, 4.69) is 5.10 Å². The zero-order valence-electron chi connectivity index (χ0n) is 14.6. The van der Waals surface area contributed by atoms with E-state index in [1.54, 1.807) is 17.7 Å². The Hall–Kier alpha value is -2.08. The minimum Gasteiger partial charge on any atom is -0.342 e. The summed E-state index contributed by atoms with van der Waals surface area (Å²) in [6.07, 6.45) is 2.15. The lowest BCUT2D eigenvalue weighted by Crippen LogP contribution is -2.40. The monoisotopic (exact) mass is 362 g/mol. The zero-order valence-corrected chi connectivity index (χ0v) is 15.4. The average molecular weight is 363 g/mol. The quantitative estimate of drug-likeness (QED) is 0.837. The Morgan fingerprint density at radius 2 is 2.12 bits per heavy atom. The molecule has 0 saturated carbocycles. The van der Waals surface area contributed by atoms with Gasteiger partial charge >= 0.3 is 5.69 Å². The molecule has 1 amide bonds. The third-order valence-electron chi connectivity index (χ3n) is 4.79. The van der Waals surface area contributed by atoms with Gasteiger partial charge in [-0.15, -0.1) is 0 Å². The van der Waals surface area contributed by atoms with Gasteiger partial charge in [0.15, 0.2) is 0 Å². The molecule has 1 aromatic carbocycles. The molecule has 2 heterocycles. The third kappa shape index (κ3) is 3.63. The molecule has 0 bridgehead atoms. The molecule has 7 heteroatoms. The van der Waals surface area contributed by atoms with Gasteiger partial charge in [-0.1, -0.05) is 29.8 Å². The molecule has 1 saturated heterocycles. The first kappa shape index (κ1) is 17.7. The third-order valence-corrected chi connectivity index (χ3v) is 5.16. The average Bonchev–Trinajstić information content (AvgIpc) is 2.91. The van der Waals surface area contributed by atoms with Gasteiger partial charge in [-0.2, -0.15) is 5.10 Å². The number of hydrogen-bond acceptors (Lipinski definition) is 3. The van der Waals surface area contributed by atoms with E-state index in [0.29, 0.717) is 24.5 Å². The highest BCUT2D eigenvalue weighted by molar-refractivity contribution is 6.31. The van der Waals surface area contributed by atoms with Gasteiger partial charge in [0.25, 0.3) is 0 Å². The lowest BCUT2D eigenvalue weighted by molar-refractivity contribution is -0.131. The maximum absolute atomic E-state index is 12.7. The van der Waals surface area contributed by atoms with E-state index in [1.165, 1.54) is 4.68 Å². The SMILES string of the molecule is CCn1c([C@H]2CCCN(C(=O)Cc3ccccc3Cl)C2)nn(C)c1=O. The second kappa shape index (κ2) is 7.44. The summed E-state index contributed by atoms with van der Waals surface area (Å²) in [7, 11) is 1.67. The van der Waals surface area contributed by atoms with Crippen molar-refractivity contribution in [2.24, 2.45) is 7.05 Å². The second-order valence-electron chi connectivity index (χ2n) is 6.46. The number of carbonyl (C=O) groups excluding carboxylic acids is 1. The number of halogens is 1. The minimum absolute atomic E-state index is 0.0686. The summed E-state index contributed by atoms with van der Waals surface area (Å²) in [6.45, 7) is 3.87. The van der Waals surface area contributed by atoms with Gasteiger partial charge in [-0.3, -0.25) is 9.36 Å². The number of nitrogens with zero attached hydrogens (tertiary/aromatic N) is 4. The Morgan fingerprint density at radius 1 is 1.36 bits per heavy atom. The lowest BCUT2D eigenvalue weighted by Gasteiger charge is -2.32. The molecule has 1 aromatic heterocycles. The van der Waals surface area contributed by atoms with E-state index in [9.17, 15) is 9.59 Å². The molecule has 0 aliphatic carbocycles. The Bertz CT molecular complexity index is 827. The first-order valence-electron chi connectivity index (χ1n) is 8.66. The number of likely N-dealkylation sites (tertiary alicyclic amines) is 1. The van der Waals surface area contributed by atoms with E-state index < -0.39 is 0 Å². The van der Waals surface area contributed by atoms with Crippen molar-refractivity contribution < 1.29 is 4.79 Å². The Morgan fingerprint density at radius 3 is 2.84 bits per heavy atom. The van der Waals surface area contributed by atoms with Crippen LogP contribution in [0.1, 0.15) is 37.1 Å².